The minimum atomic E-state index is -0.271. The average Bonchev–Trinajstić information content (AvgIpc) is 2.60. The van der Waals surface area contributed by atoms with Gasteiger partial charge in [-0.25, -0.2) is 9.18 Å². The van der Waals surface area contributed by atoms with Gasteiger partial charge >= 0.3 is 6.03 Å². The second-order valence-electron chi connectivity index (χ2n) is 6.27. The van der Waals surface area contributed by atoms with E-state index in [9.17, 15) is 9.18 Å². The summed E-state index contributed by atoms with van der Waals surface area (Å²) in [6, 6.07) is 4.81. The number of anilines is 1. The highest BCUT2D eigenvalue weighted by Gasteiger charge is 2.15. The van der Waals surface area contributed by atoms with Crippen molar-refractivity contribution >= 4 is 11.7 Å². The Kier molecular flexibility index (Phi) is 7.94. The molecular weight excluding hydrogens is 325 g/mol. The Morgan fingerprint density at radius 1 is 1.32 bits per heavy atom. The zero-order valence-electron chi connectivity index (χ0n) is 15.0. The van der Waals surface area contributed by atoms with Crippen molar-refractivity contribution in [2.45, 2.75) is 32.9 Å². The van der Waals surface area contributed by atoms with Gasteiger partial charge in [-0.05, 0) is 38.0 Å². The number of halogens is 1. The number of carbonyl (C=O) groups excluding carboxylic acids is 1. The van der Waals surface area contributed by atoms with Crippen molar-refractivity contribution in [1.82, 2.24) is 10.6 Å². The van der Waals surface area contributed by atoms with Gasteiger partial charge < -0.3 is 25.0 Å². The third-order valence-corrected chi connectivity index (χ3v) is 3.87. The zero-order chi connectivity index (χ0) is 18.1. The van der Waals surface area contributed by atoms with Gasteiger partial charge in [-0.15, -0.1) is 0 Å². The molecule has 0 spiro atoms. The Balaban J connectivity index is 1.71. The molecule has 25 heavy (non-hydrogen) atoms. The van der Waals surface area contributed by atoms with E-state index in [4.69, 9.17) is 9.47 Å². The summed E-state index contributed by atoms with van der Waals surface area (Å²) < 4.78 is 25.0. The SMILES string of the molecule is CC(C)OCCCNC(=O)NCc1ccc(N2CCOCC2)c(F)c1. The largest absolute Gasteiger partial charge is 0.379 e. The Morgan fingerprint density at radius 3 is 2.76 bits per heavy atom. The molecule has 1 heterocycles. The van der Waals surface area contributed by atoms with Crippen molar-refractivity contribution in [3.63, 3.8) is 0 Å². The van der Waals surface area contributed by atoms with Gasteiger partial charge in [-0.1, -0.05) is 6.07 Å². The van der Waals surface area contributed by atoms with Crippen LogP contribution in [0.2, 0.25) is 0 Å². The fraction of sp³-hybridized carbons (Fsp3) is 0.611. The highest BCUT2D eigenvalue weighted by molar-refractivity contribution is 5.73. The van der Waals surface area contributed by atoms with Gasteiger partial charge in [0.1, 0.15) is 5.82 Å². The van der Waals surface area contributed by atoms with Gasteiger partial charge in [0.2, 0.25) is 0 Å². The maximum Gasteiger partial charge on any atom is 0.315 e. The number of hydrogen-bond acceptors (Lipinski definition) is 4. The van der Waals surface area contributed by atoms with E-state index in [2.05, 4.69) is 10.6 Å². The highest BCUT2D eigenvalue weighted by Crippen LogP contribution is 2.21. The first kappa shape index (κ1) is 19.5. The normalized spacial score (nSPS) is 14.6. The van der Waals surface area contributed by atoms with Crippen LogP contribution in [-0.4, -0.2) is 51.6 Å². The summed E-state index contributed by atoms with van der Waals surface area (Å²) in [5.74, 6) is -0.271. The first-order valence-electron chi connectivity index (χ1n) is 8.80. The molecule has 0 saturated carbocycles. The van der Waals surface area contributed by atoms with Crippen molar-refractivity contribution in [2.75, 3.05) is 44.4 Å². The molecule has 0 atom stereocenters. The summed E-state index contributed by atoms with van der Waals surface area (Å²) >= 11 is 0. The maximum absolute atomic E-state index is 14.3. The summed E-state index contributed by atoms with van der Waals surface area (Å²) in [5.41, 5.74) is 1.31. The topological polar surface area (TPSA) is 62.8 Å². The molecule has 1 aromatic carbocycles. The Labute approximate surface area is 148 Å². The van der Waals surface area contributed by atoms with E-state index in [0.717, 1.165) is 12.0 Å². The van der Waals surface area contributed by atoms with E-state index in [1.54, 1.807) is 6.07 Å². The smallest absolute Gasteiger partial charge is 0.315 e. The van der Waals surface area contributed by atoms with Crippen LogP contribution >= 0.6 is 0 Å². The molecule has 0 radical (unpaired) electrons. The summed E-state index contributed by atoms with van der Waals surface area (Å²) in [7, 11) is 0. The third-order valence-electron chi connectivity index (χ3n) is 3.87. The van der Waals surface area contributed by atoms with Crippen molar-refractivity contribution in [2.24, 2.45) is 0 Å². The van der Waals surface area contributed by atoms with Crippen LogP contribution in [0.25, 0.3) is 0 Å². The number of ether oxygens (including phenoxy) is 2. The first-order valence-corrected chi connectivity index (χ1v) is 8.80. The van der Waals surface area contributed by atoms with Gasteiger partial charge in [0, 0.05) is 32.8 Å². The molecule has 1 aromatic rings. The molecule has 0 bridgehead atoms. The Bertz CT molecular complexity index is 548. The lowest BCUT2D eigenvalue weighted by atomic mass is 10.1. The monoisotopic (exact) mass is 353 g/mol. The second-order valence-corrected chi connectivity index (χ2v) is 6.27. The van der Waals surface area contributed by atoms with Crippen LogP contribution in [0.4, 0.5) is 14.9 Å². The highest BCUT2D eigenvalue weighted by atomic mass is 19.1. The van der Waals surface area contributed by atoms with Crippen LogP contribution in [0.5, 0.6) is 0 Å². The van der Waals surface area contributed by atoms with Gasteiger partial charge in [-0.3, -0.25) is 0 Å². The Hall–Kier alpha value is -1.86. The Morgan fingerprint density at radius 2 is 2.08 bits per heavy atom. The van der Waals surface area contributed by atoms with Gasteiger partial charge in [0.25, 0.3) is 0 Å². The molecule has 1 saturated heterocycles. The first-order chi connectivity index (χ1) is 12.1. The molecule has 2 amide bonds. The zero-order valence-corrected chi connectivity index (χ0v) is 15.0. The van der Waals surface area contributed by atoms with E-state index >= 15 is 0 Å². The van der Waals surface area contributed by atoms with Crippen LogP contribution in [0.3, 0.4) is 0 Å². The van der Waals surface area contributed by atoms with Crippen molar-refractivity contribution in [3.8, 4) is 0 Å². The molecule has 0 aliphatic carbocycles. The number of morpholine rings is 1. The summed E-state index contributed by atoms with van der Waals surface area (Å²) in [4.78, 5) is 13.7. The fourth-order valence-electron chi connectivity index (χ4n) is 2.56. The van der Waals surface area contributed by atoms with Crippen LogP contribution in [0, 0.1) is 5.82 Å². The fourth-order valence-corrected chi connectivity index (χ4v) is 2.56. The van der Waals surface area contributed by atoms with Crippen molar-refractivity contribution in [3.05, 3.63) is 29.6 Å². The minimum absolute atomic E-state index is 0.198. The summed E-state index contributed by atoms with van der Waals surface area (Å²) in [6.07, 6.45) is 0.957. The van der Waals surface area contributed by atoms with Gasteiger partial charge in [-0.2, -0.15) is 0 Å². The lowest BCUT2D eigenvalue weighted by molar-refractivity contribution is 0.0774. The number of nitrogens with one attached hydrogen (secondary N) is 2. The third kappa shape index (κ3) is 6.88. The quantitative estimate of drug-likeness (QED) is 0.704. The summed E-state index contributed by atoms with van der Waals surface area (Å²) in [6.45, 7) is 8.02. The van der Waals surface area contributed by atoms with Crippen LogP contribution in [0.15, 0.2) is 18.2 Å². The number of amides is 2. The molecule has 2 N–H and O–H groups in total. The van der Waals surface area contributed by atoms with E-state index < -0.39 is 0 Å². The summed E-state index contributed by atoms with van der Waals surface area (Å²) in [5, 5.41) is 5.49. The number of hydrogen-bond donors (Lipinski definition) is 2. The molecule has 0 aromatic heterocycles. The standard InChI is InChI=1S/C18H28FN3O3/c1-14(2)25-9-3-6-20-18(23)21-13-15-4-5-17(16(19)12-15)22-7-10-24-11-8-22/h4-5,12,14H,3,6-11,13H2,1-2H3,(H2,20,21,23). The van der Waals surface area contributed by atoms with E-state index in [0.29, 0.717) is 45.1 Å². The predicted octanol–water partition coefficient (Wildman–Crippen LogP) is 2.28. The van der Waals surface area contributed by atoms with Crippen LogP contribution < -0.4 is 15.5 Å². The molecule has 6 nitrogen and oxygen atoms in total. The molecule has 1 aliphatic rings. The van der Waals surface area contributed by atoms with Gasteiger partial charge in [0.15, 0.2) is 0 Å². The molecule has 140 valence electrons. The number of rotatable bonds is 8. The minimum Gasteiger partial charge on any atom is -0.379 e. The van der Waals surface area contributed by atoms with E-state index in [-0.39, 0.29) is 24.5 Å². The number of carbonyl (C=O) groups is 1. The molecule has 1 aliphatic heterocycles. The van der Waals surface area contributed by atoms with Gasteiger partial charge in [0.05, 0.1) is 25.0 Å². The molecule has 1 fully saturated rings. The number of benzene rings is 1. The molecular formula is C18H28FN3O3. The second kappa shape index (κ2) is 10.2. The van der Waals surface area contributed by atoms with Crippen molar-refractivity contribution < 1.29 is 18.7 Å². The molecule has 0 unspecified atom stereocenters. The molecule has 2 rings (SSSR count). The lowest BCUT2D eigenvalue weighted by Gasteiger charge is -2.29. The lowest BCUT2D eigenvalue weighted by Crippen LogP contribution is -2.37. The van der Waals surface area contributed by atoms with E-state index in [1.807, 2.05) is 24.8 Å². The average molecular weight is 353 g/mol. The van der Waals surface area contributed by atoms with Crippen LogP contribution in [-0.2, 0) is 16.0 Å². The number of urea groups is 1. The predicted molar refractivity (Wildman–Crippen MR) is 95.4 cm³/mol. The van der Waals surface area contributed by atoms with E-state index in [1.165, 1.54) is 6.07 Å². The van der Waals surface area contributed by atoms with Crippen LogP contribution in [0.1, 0.15) is 25.8 Å². The molecule has 7 heteroatoms. The van der Waals surface area contributed by atoms with Crippen molar-refractivity contribution in [1.29, 1.82) is 0 Å². The maximum atomic E-state index is 14.3. The number of nitrogens with zero attached hydrogens (tertiary/aromatic N) is 1.